The third-order valence-corrected chi connectivity index (χ3v) is 6.84. The van der Waals surface area contributed by atoms with Crippen LogP contribution in [0.25, 0.3) is 0 Å². The summed E-state index contributed by atoms with van der Waals surface area (Å²) >= 11 is 0. The monoisotopic (exact) mass is 368 g/mol. The van der Waals surface area contributed by atoms with E-state index in [9.17, 15) is 10.1 Å². The summed E-state index contributed by atoms with van der Waals surface area (Å²) in [6.07, 6.45) is 6.72. The molecule has 0 aromatic carbocycles. The van der Waals surface area contributed by atoms with Crippen LogP contribution in [0.1, 0.15) is 44.7 Å². The van der Waals surface area contributed by atoms with Gasteiger partial charge in [0.1, 0.15) is 5.41 Å². The number of ether oxygens (including phenoxy) is 1. The molecule has 0 unspecified atom stereocenters. The van der Waals surface area contributed by atoms with Gasteiger partial charge in [-0.3, -0.25) is 4.98 Å². The molecule has 0 radical (unpaired) electrons. The topological polar surface area (TPSA) is 69.5 Å². The fourth-order valence-electron chi connectivity index (χ4n) is 5.18. The van der Waals surface area contributed by atoms with Gasteiger partial charge in [0.15, 0.2) is 0 Å². The molecule has 3 aliphatic rings. The summed E-state index contributed by atoms with van der Waals surface area (Å²) in [4.78, 5) is 20.8. The van der Waals surface area contributed by atoms with Crippen LogP contribution in [0.2, 0.25) is 0 Å². The molecule has 1 amide bonds. The van der Waals surface area contributed by atoms with Gasteiger partial charge < -0.3 is 14.5 Å². The van der Waals surface area contributed by atoms with Gasteiger partial charge in [0.25, 0.3) is 0 Å². The minimum Gasteiger partial charge on any atom is -0.450 e. The summed E-state index contributed by atoms with van der Waals surface area (Å²) in [6.45, 7) is 5.86. The maximum absolute atomic E-state index is 12.0. The van der Waals surface area contributed by atoms with Crippen LogP contribution in [0.15, 0.2) is 24.4 Å². The van der Waals surface area contributed by atoms with Gasteiger partial charge in [0.2, 0.25) is 0 Å². The fraction of sp³-hybridized carbons (Fsp3) is 0.667. The molecular formula is C21H28N4O2. The minimum absolute atomic E-state index is 0.162. The molecular weight excluding hydrogens is 340 g/mol. The van der Waals surface area contributed by atoms with Crippen LogP contribution in [0.3, 0.4) is 0 Å². The Morgan fingerprint density at radius 3 is 2.70 bits per heavy atom. The van der Waals surface area contributed by atoms with E-state index in [2.05, 4.69) is 16.0 Å². The highest BCUT2D eigenvalue weighted by molar-refractivity contribution is 5.68. The standard InChI is InChI=1S/C21H28N4O2/c1-2-27-19(26)25-10-6-20(16-25)13-17(14-20)24-11-7-21(15-22,8-12-24)18-5-3-4-9-23-18/h3-5,9,17H,2,6-8,10-14,16H2,1H3. The molecule has 144 valence electrons. The van der Waals surface area contributed by atoms with Crippen molar-refractivity contribution in [1.82, 2.24) is 14.8 Å². The summed E-state index contributed by atoms with van der Waals surface area (Å²) in [6, 6.07) is 9.01. The summed E-state index contributed by atoms with van der Waals surface area (Å²) in [5.41, 5.74) is 0.771. The number of aromatic nitrogens is 1. The Kier molecular flexibility index (Phi) is 4.81. The van der Waals surface area contributed by atoms with Gasteiger partial charge in [-0.25, -0.2) is 4.79 Å². The normalized spacial score (nSPS) is 29.9. The van der Waals surface area contributed by atoms with Crippen molar-refractivity contribution < 1.29 is 9.53 Å². The van der Waals surface area contributed by atoms with Crippen molar-refractivity contribution in [3.05, 3.63) is 30.1 Å². The second-order valence-electron chi connectivity index (χ2n) is 8.38. The van der Waals surface area contributed by atoms with Crippen LogP contribution in [-0.2, 0) is 10.2 Å². The molecule has 1 aromatic rings. The van der Waals surface area contributed by atoms with Gasteiger partial charge in [-0.05, 0) is 56.6 Å². The summed E-state index contributed by atoms with van der Waals surface area (Å²) in [5.74, 6) is 0. The molecule has 0 atom stereocenters. The van der Waals surface area contributed by atoms with E-state index in [4.69, 9.17) is 4.74 Å². The first-order valence-corrected chi connectivity index (χ1v) is 10.1. The number of pyridine rings is 1. The second kappa shape index (κ2) is 7.12. The van der Waals surface area contributed by atoms with E-state index in [-0.39, 0.29) is 6.09 Å². The smallest absolute Gasteiger partial charge is 0.409 e. The van der Waals surface area contributed by atoms with Crippen LogP contribution in [0.5, 0.6) is 0 Å². The highest BCUT2D eigenvalue weighted by atomic mass is 16.6. The fourth-order valence-corrected chi connectivity index (χ4v) is 5.18. The van der Waals surface area contributed by atoms with Gasteiger partial charge >= 0.3 is 6.09 Å². The van der Waals surface area contributed by atoms with Crippen molar-refractivity contribution >= 4 is 6.09 Å². The molecule has 1 saturated carbocycles. The number of rotatable bonds is 3. The number of carbonyl (C=O) groups is 1. The van der Waals surface area contributed by atoms with Crippen molar-refractivity contribution in [1.29, 1.82) is 5.26 Å². The van der Waals surface area contributed by atoms with Gasteiger partial charge in [0.05, 0.1) is 18.4 Å². The number of amides is 1. The Hall–Kier alpha value is -2.13. The van der Waals surface area contributed by atoms with Gasteiger partial charge in [-0.15, -0.1) is 0 Å². The number of nitriles is 1. The summed E-state index contributed by atoms with van der Waals surface area (Å²) in [5, 5.41) is 9.83. The van der Waals surface area contributed by atoms with Crippen molar-refractivity contribution in [2.75, 3.05) is 32.8 Å². The highest BCUT2D eigenvalue weighted by Crippen LogP contribution is 2.51. The van der Waals surface area contributed by atoms with E-state index >= 15 is 0 Å². The maximum Gasteiger partial charge on any atom is 0.409 e. The second-order valence-corrected chi connectivity index (χ2v) is 8.38. The van der Waals surface area contributed by atoms with Crippen LogP contribution in [0, 0.1) is 16.7 Å². The summed E-state index contributed by atoms with van der Waals surface area (Å²) in [7, 11) is 0. The van der Waals surface area contributed by atoms with Crippen LogP contribution in [-0.4, -0.2) is 59.7 Å². The average Bonchev–Trinajstić information content (AvgIpc) is 3.14. The molecule has 1 aliphatic carbocycles. The van der Waals surface area contributed by atoms with Crippen molar-refractivity contribution in [2.24, 2.45) is 5.41 Å². The quantitative estimate of drug-likeness (QED) is 0.820. The lowest BCUT2D eigenvalue weighted by atomic mass is 9.63. The molecule has 2 aliphatic heterocycles. The first-order chi connectivity index (χ1) is 13.1. The van der Waals surface area contributed by atoms with E-state index in [0.29, 0.717) is 18.1 Å². The SMILES string of the molecule is CCOC(=O)N1CCC2(CC(N3CCC(C#N)(c4ccccn4)CC3)C2)C1. The lowest BCUT2D eigenvalue weighted by Crippen LogP contribution is -2.55. The van der Waals surface area contributed by atoms with Crippen molar-refractivity contribution in [2.45, 2.75) is 50.5 Å². The zero-order valence-corrected chi connectivity index (χ0v) is 16.1. The van der Waals surface area contributed by atoms with Crippen molar-refractivity contribution in [3.63, 3.8) is 0 Å². The molecule has 4 rings (SSSR count). The van der Waals surface area contributed by atoms with Gasteiger partial charge in [-0.1, -0.05) is 6.07 Å². The zero-order valence-electron chi connectivity index (χ0n) is 16.1. The Bertz CT molecular complexity index is 715. The molecule has 0 bridgehead atoms. The predicted octanol–water partition coefficient (Wildman–Crippen LogP) is 2.95. The minimum atomic E-state index is -0.437. The number of hydrogen-bond acceptors (Lipinski definition) is 5. The summed E-state index contributed by atoms with van der Waals surface area (Å²) < 4.78 is 5.15. The van der Waals surface area contributed by atoms with Crippen LogP contribution < -0.4 is 0 Å². The van der Waals surface area contributed by atoms with Gasteiger partial charge in [-0.2, -0.15) is 5.26 Å². The molecule has 6 heteroatoms. The lowest BCUT2D eigenvalue weighted by Gasteiger charge is -2.52. The molecule has 6 nitrogen and oxygen atoms in total. The van der Waals surface area contributed by atoms with E-state index in [0.717, 1.165) is 64.0 Å². The first-order valence-electron chi connectivity index (χ1n) is 10.1. The van der Waals surface area contributed by atoms with E-state index in [1.54, 1.807) is 6.20 Å². The number of likely N-dealkylation sites (tertiary alicyclic amines) is 2. The van der Waals surface area contributed by atoms with E-state index in [1.807, 2.05) is 30.0 Å². The van der Waals surface area contributed by atoms with E-state index in [1.165, 1.54) is 0 Å². The van der Waals surface area contributed by atoms with Crippen molar-refractivity contribution in [3.8, 4) is 6.07 Å². The predicted molar refractivity (Wildman–Crippen MR) is 101 cm³/mol. The Morgan fingerprint density at radius 1 is 1.30 bits per heavy atom. The Labute approximate surface area is 161 Å². The van der Waals surface area contributed by atoms with Gasteiger partial charge in [0, 0.05) is 38.4 Å². The Morgan fingerprint density at radius 2 is 2.07 bits per heavy atom. The number of nitrogens with zero attached hydrogens (tertiary/aromatic N) is 4. The third kappa shape index (κ3) is 3.29. The van der Waals surface area contributed by atoms with Crippen LogP contribution >= 0.6 is 0 Å². The Balaban J connectivity index is 1.31. The third-order valence-electron chi connectivity index (χ3n) is 6.84. The number of piperidine rings is 1. The lowest BCUT2D eigenvalue weighted by molar-refractivity contribution is -0.00930. The van der Waals surface area contributed by atoms with E-state index < -0.39 is 5.41 Å². The molecule has 1 spiro atoms. The van der Waals surface area contributed by atoms with Crippen LogP contribution in [0.4, 0.5) is 4.79 Å². The molecule has 3 heterocycles. The molecule has 1 aromatic heterocycles. The average molecular weight is 368 g/mol. The molecule has 27 heavy (non-hydrogen) atoms. The maximum atomic E-state index is 12.0. The molecule has 0 N–H and O–H groups in total. The number of carbonyl (C=O) groups excluding carboxylic acids is 1. The largest absolute Gasteiger partial charge is 0.450 e. The highest BCUT2D eigenvalue weighted by Gasteiger charge is 2.52. The number of hydrogen-bond donors (Lipinski definition) is 0. The molecule has 3 fully saturated rings. The first kappa shape index (κ1) is 18.2. The molecule has 2 saturated heterocycles. The zero-order chi connectivity index (χ0) is 18.9.